The Bertz CT molecular complexity index is 1190. The van der Waals surface area contributed by atoms with Gasteiger partial charge in [0.25, 0.3) is 11.8 Å². The Balaban J connectivity index is 1.31. The molecule has 1 aliphatic heterocycles. The van der Waals surface area contributed by atoms with E-state index < -0.39 is 35.3 Å². The quantitative estimate of drug-likeness (QED) is 0.277. The molecule has 5 atom stereocenters. The second-order valence-electron chi connectivity index (χ2n) is 13.1. The minimum atomic E-state index is -1.53. The Morgan fingerprint density at radius 2 is 1.92 bits per heavy atom. The average Bonchev–Trinajstić information content (AvgIpc) is 3.53. The molecule has 0 aromatic carbocycles. The van der Waals surface area contributed by atoms with Crippen molar-refractivity contribution in [3.05, 3.63) is 23.4 Å². The molecule has 0 spiro atoms. The van der Waals surface area contributed by atoms with Crippen LogP contribution in [0.2, 0.25) is 0 Å². The zero-order chi connectivity index (χ0) is 28.3. The minimum Gasteiger partial charge on any atom is -0.381 e. The average molecular weight is 558 g/mol. The van der Waals surface area contributed by atoms with Crippen molar-refractivity contribution >= 4 is 38.7 Å². The lowest BCUT2D eigenvalue weighted by atomic mass is 9.32. The van der Waals surface area contributed by atoms with Crippen LogP contribution in [-0.4, -0.2) is 63.1 Å². The Morgan fingerprint density at radius 3 is 2.49 bits per heavy atom. The standard InChI is InChI=1S/C28H40N5O5P/c1-14-7-18(21(29-10-14)33-25(38)27-11-28(12-27,13-27)26(3,4)39)23(36)32-19(9-16-8-15(2)30-22(16)35)20(34)24(37)31-17-5-6-17/h7,10,15-17,19-20,34H,5-6,8-9,11-13,39H2,1-4H3,(H,30,35)(H,31,37)(H,32,36)(H,29,33,38)/t15?,16-,19-,20?,27?,28?/m0/s1. The molecule has 5 fully saturated rings. The van der Waals surface area contributed by atoms with Gasteiger partial charge < -0.3 is 26.4 Å². The lowest BCUT2D eigenvalue weighted by molar-refractivity contribution is -0.213. The Morgan fingerprint density at radius 1 is 1.26 bits per heavy atom. The van der Waals surface area contributed by atoms with E-state index in [9.17, 15) is 24.3 Å². The van der Waals surface area contributed by atoms with Gasteiger partial charge in [-0.1, -0.05) is 13.8 Å². The maximum atomic E-state index is 13.6. The van der Waals surface area contributed by atoms with E-state index in [0.29, 0.717) is 6.42 Å². The number of carbonyl (C=O) groups excluding carboxylic acids is 4. The van der Waals surface area contributed by atoms with E-state index in [1.807, 2.05) is 6.92 Å². The van der Waals surface area contributed by atoms with Crippen molar-refractivity contribution in [3.63, 3.8) is 0 Å². The van der Waals surface area contributed by atoms with E-state index in [4.69, 9.17) is 0 Å². The first-order valence-corrected chi connectivity index (χ1v) is 14.5. The normalized spacial score (nSPS) is 30.8. The number of amides is 4. The lowest BCUT2D eigenvalue weighted by Crippen LogP contribution is -2.72. The molecule has 2 bridgehead atoms. The maximum Gasteiger partial charge on any atom is 0.255 e. The molecule has 1 aromatic rings. The van der Waals surface area contributed by atoms with Gasteiger partial charge in [-0.2, -0.15) is 0 Å². The third-order valence-corrected chi connectivity index (χ3v) is 9.82. The molecule has 4 aliphatic carbocycles. The highest BCUT2D eigenvalue weighted by Crippen LogP contribution is 2.78. The van der Waals surface area contributed by atoms with Crippen molar-refractivity contribution in [2.24, 2.45) is 16.7 Å². The molecule has 11 heteroatoms. The largest absolute Gasteiger partial charge is 0.381 e. The predicted molar refractivity (Wildman–Crippen MR) is 149 cm³/mol. The SMILES string of the molecule is Cc1cnc(NC(=O)C23CC(C(C)(C)P)(C2)C3)c(C(=O)N[C@@H](C[C@@H]2CC(C)NC2=O)C(O)C(=O)NC2CC2)c1. The van der Waals surface area contributed by atoms with Crippen LogP contribution in [0.5, 0.6) is 0 Å². The number of aliphatic hydroxyl groups is 1. The monoisotopic (exact) mass is 557 g/mol. The summed E-state index contributed by atoms with van der Waals surface area (Å²) >= 11 is 0. The maximum absolute atomic E-state index is 13.6. The third-order valence-electron chi connectivity index (χ3n) is 9.21. The van der Waals surface area contributed by atoms with Gasteiger partial charge in [-0.05, 0) is 81.0 Å². The van der Waals surface area contributed by atoms with Crippen molar-refractivity contribution in [1.82, 2.24) is 20.9 Å². The van der Waals surface area contributed by atoms with E-state index >= 15 is 0 Å². The number of aromatic nitrogens is 1. The number of aliphatic hydroxyl groups excluding tert-OH is 1. The molecule has 5 N–H and O–H groups in total. The molecule has 212 valence electrons. The molecule has 0 radical (unpaired) electrons. The number of carbonyl (C=O) groups is 4. The highest BCUT2D eigenvalue weighted by molar-refractivity contribution is 7.19. The third kappa shape index (κ3) is 5.30. The minimum absolute atomic E-state index is 0.0212. The molecule has 2 heterocycles. The van der Waals surface area contributed by atoms with Crippen LogP contribution in [-0.2, 0) is 14.4 Å². The molecule has 4 saturated carbocycles. The molecule has 5 aliphatic rings. The van der Waals surface area contributed by atoms with Gasteiger partial charge in [0, 0.05) is 24.2 Å². The van der Waals surface area contributed by atoms with E-state index in [1.165, 1.54) is 0 Å². The number of hydrogen-bond acceptors (Lipinski definition) is 6. The summed E-state index contributed by atoms with van der Waals surface area (Å²) in [5.41, 5.74) is 0.602. The van der Waals surface area contributed by atoms with E-state index in [0.717, 1.165) is 37.7 Å². The molecule has 3 unspecified atom stereocenters. The smallest absolute Gasteiger partial charge is 0.255 e. The van der Waals surface area contributed by atoms with Gasteiger partial charge in [0.2, 0.25) is 11.8 Å². The zero-order valence-corrected chi connectivity index (χ0v) is 24.3. The molecule has 1 saturated heterocycles. The van der Waals surface area contributed by atoms with Gasteiger partial charge in [0.15, 0.2) is 6.10 Å². The van der Waals surface area contributed by atoms with Gasteiger partial charge in [-0.3, -0.25) is 19.2 Å². The van der Waals surface area contributed by atoms with Gasteiger partial charge in [0.05, 0.1) is 17.0 Å². The fraction of sp³-hybridized carbons (Fsp3) is 0.679. The fourth-order valence-corrected chi connectivity index (χ4v) is 6.77. The second-order valence-corrected chi connectivity index (χ2v) is 14.5. The van der Waals surface area contributed by atoms with Crippen LogP contribution < -0.4 is 21.3 Å². The number of nitrogens with zero attached hydrogens (tertiary/aromatic N) is 1. The first kappa shape index (κ1) is 28.0. The molecule has 39 heavy (non-hydrogen) atoms. The van der Waals surface area contributed by atoms with Gasteiger partial charge in [0.1, 0.15) is 5.82 Å². The molecular formula is C28H40N5O5P. The number of rotatable bonds is 10. The van der Waals surface area contributed by atoms with Crippen molar-refractivity contribution in [1.29, 1.82) is 0 Å². The van der Waals surface area contributed by atoms with Crippen LogP contribution in [0.3, 0.4) is 0 Å². The number of anilines is 1. The van der Waals surface area contributed by atoms with Crippen LogP contribution >= 0.6 is 9.24 Å². The molecule has 6 rings (SSSR count). The summed E-state index contributed by atoms with van der Waals surface area (Å²) in [6, 6.07) is 0.648. The van der Waals surface area contributed by atoms with Crippen LogP contribution in [0.1, 0.15) is 81.6 Å². The summed E-state index contributed by atoms with van der Waals surface area (Å²) in [6.07, 6.45) is 4.85. The van der Waals surface area contributed by atoms with Gasteiger partial charge in [-0.15, -0.1) is 9.24 Å². The van der Waals surface area contributed by atoms with E-state index in [1.54, 1.807) is 19.2 Å². The molecular weight excluding hydrogens is 517 g/mol. The fourth-order valence-electron chi connectivity index (χ4n) is 6.47. The Labute approximate surface area is 231 Å². The zero-order valence-electron chi connectivity index (χ0n) is 23.1. The van der Waals surface area contributed by atoms with Crippen LogP contribution in [0.15, 0.2) is 12.3 Å². The van der Waals surface area contributed by atoms with Gasteiger partial charge >= 0.3 is 0 Å². The molecule has 10 nitrogen and oxygen atoms in total. The first-order valence-electron chi connectivity index (χ1n) is 13.9. The van der Waals surface area contributed by atoms with Crippen molar-refractivity contribution in [2.45, 2.75) is 102 Å². The summed E-state index contributed by atoms with van der Waals surface area (Å²) in [5, 5.41) is 22.3. The Kier molecular flexibility index (Phi) is 7.03. The number of nitrogens with one attached hydrogen (secondary N) is 4. The highest BCUT2D eigenvalue weighted by Gasteiger charge is 2.74. The van der Waals surface area contributed by atoms with Crippen LogP contribution in [0.4, 0.5) is 5.82 Å². The van der Waals surface area contributed by atoms with Crippen molar-refractivity contribution in [3.8, 4) is 0 Å². The van der Waals surface area contributed by atoms with Gasteiger partial charge in [-0.25, -0.2) is 4.98 Å². The van der Waals surface area contributed by atoms with Crippen LogP contribution in [0, 0.1) is 23.7 Å². The predicted octanol–water partition coefficient (Wildman–Crippen LogP) is 1.81. The lowest BCUT2D eigenvalue weighted by Gasteiger charge is -2.74. The summed E-state index contributed by atoms with van der Waals surface area (Å²) in [6.45, 7) is 8.03. The highest BCUT2D eigenvalue weighted by atomic mass is 31.0. The van der Waals surface area contributed by atoms with E-state index in [2.05, 4.69) is 49.3 Å². The summed E-state index contributed by atoms with van der Waals surface area (Å²) in [5.74, 6) is -1.74. The van der Waals surface area contributed by atoms with Crippen LogP contribution in [0.25, 0.3) is 0 Å². The van der Waals surface area contributed by atoms with Crippen molar-refractivity contribution in [2.75, 3.05) is 5.32 Å². The summed E-state index contributed by atoms with van der Waals surface area (Å²) in [7, 11) is 2.90. The first-order chi connectivity index (χ1) is 18.2. The summed E-state index contributed by atoms with van der Waals surface area (Å²) in [4.78, 5) is 56.3. The summed E-state index contributed by atoms with van der Waals surface area (Å²) < 4.78 is 0. The second kappa shape index (κ2) is 9.81. The number of aryl methyl sites for hydroxylation is 1. The molecule has 4 amide bonds. The number of hydrogen-bond donors (Lipinski definition) is 5. The number of pyridine rings is 1. The van der Waals surface area contributed by atoms with E-state index in [-0.39, 0.29) is 52.3 Å². The topological polar surface area (TPSA) is 150 Å². The molecule has 1 aromatic heterocycles. The Hall–Kier alpha value is -2.58. The van der Waals surface area contributed by atoms with Crippen molar-refractivity contribution < 1.29 is 24.3 Å².